The Bertz CT molecular complexity index is 238. The van der Waals surface area contributed by atoms with Gasteiger partial charge in [-0.2, -0.15) is 0 Å². The normalized spacial score (nSPS) is 25.1. The molecular formula is C14H28N2S. The topological polar surface area (TPSA) is 24.1 Å². The molecule has 0 saturated heterocycles. The van der Waals surface area contributed by atoms with E-state index < -0.39 is 0 Å². The lowest BCUT2D eigenvalue weighted by molar-refractivity contribution is 0.224. The Balaban J connectivity index is 2.39. The number of nitrogens with one attached hydrogen (secondary N) is 2. The first kappa shape index (κ1) is 14.7. The molecule has 1 aliphatic rings. The van der Waals surface area contributed by atoms with Gasteiger partial charge in [0.15, 0.2) is 5.11 Å². The molecule has 1 aliphatic carbocycles. The summed E-state index contributed by atoms with van der Waals surface area (Å²) in [6.07, 6.45) is 5.34. The molecular weight excluding hydrogens is 228 g/mol. The zero-order valence-electron chi connectivity index (χ0n) is 11.8. The molecule has 0 aromatic heterocycles. The second-order valence-corrected chi connectivity index (χ2v) is 6.46. The SMILES string of the molecule is CC(C)CNC(=S)NC1CCCCC1C(C)C. The van der Waals surface area contributed by atoms with Crippen molar-refractivity contribution in [3.8, 4) is 0 Å². The predicted molar refractivity (Wildman–Crippen MR) is 79.2 cm³/mol. The first-order valence-corrected chi connectivity index (χ1v) is 7.46. The second-order valence-electron chi connectivity index (χ2n) is 6.05. The van der Waals surface area contributed by atoms with Crippen LogP contribution in [0.15, 0.2) is 0 Å². The Hall–Kier alpha value is -0.310. The fourth-order valence-corrected chi connectivity index (χ4v) is 2.89. The highest BCUT2D eigenvalue weighted by molar-refractivity contribution is 7.80. The van der Waals surface area contributed by atoms with E-state index in [4.69, 9.17) is 12.2 Å². The largest absolute Gasteiger partial charge is 0.362 e. The van der Waals surface area contributed by atoms with Gasteiger partial charge in [0.1, 0.15) is 0 Å². The van der Waals surface area contributed by atoms with E-state index in [9.17, 15) is 0 Å². The van der Waals surface area contributed by atoms with Gasteiger partial charge < -0.3 is 10.6 Å². The lowest BCUT2D eigenvalue weighted by atomic mass is 9.78. The van der Waals surface area contributed by atoms with E-state index in [-0.39, 0.29) is 0 Å². The van der Waals surface area contributed by atoms with Crippen LogP contribution in [0, 0.1) is 17.8 Å². The molecule has 0 aromatic carbocycles. The van der Waals surface area contributed by atoms with E-state index in [1.807, 2.05) is 0 Å². The van der Waals surface area contributed by atoms with Crippen molar-refractivity contribution in [3.05, 3.63) is 0 Å². The standard InChI is InChI=1S/C14H28N2S/c1-10(2)9-15-14(17)16-13-8-6-5-7-12(13)11(3)4/h10-13H,5-9H2,1-4H3,(H2,15,16,17). The van der Waals surface area contributed by atoms with Gasteiger partial charge in [0.05, 0.1) is 0 Å². The molecule has 2 unspecified atom stereocenters. The third kappa shape index (κ3) is 5.24. The molecule has 0 aromatic rings. The van der Waals surface area contributed by atoms with Gasteiger partial charge in [-0.25, -0.2) is 0 Å². The van der Waals surface area contributed by atoms with Crippen molar-refractivity contribution in [2.45, 2.75) is 59.4 Å². The molecule has 1 fully saturated rings. The number of rotatable bonds is 4. The summed E-state index contributed by atoms with van der Waals surface area (Å²) >= 11 is 5.37. The molecule has 0 bridgehead atoms. The fraction of sp³-hybridized carbons (Fsp3) is 0.929. The minimum atomic E-state index is 0.580. The zero-order valence-corrected chi connectivity index (χ0v) is 12.6. The summed E-state index contributed by atoms with van der Waals surface area (Å²) in [5.74, 6) is 2.17. The van der Waals surface area contributed by atoms with E-state index in [1.165, 1.54) is 25.7 Å². The molecule has 0 heterocycles. The van der Waals surface area contributed by atoms with Crippen LogP contribution in [-0.4, -0.2) is 17.7 Å². The summed E-state index contributed by atoms with van der Waals surface area (Å²) in [6, 6.07) is 0.580. The maximum atomic E-state index is 5.37. The van der Waals surface area contributed by atoms with Crippen LogP contribution < -0.4 is 10.6 Å². The smallest absolute Gasteiger partial charge is 0.166 e. The van der Waals surface area contributed by atoms with E-state index in [1.54, 1.807) is 0 Å². The number of hydrogen-bond acceptors (Lipinski definition) is 1. The Labute approximate surface area is 112 Å². The molecule has 0 amide bonds. The summed E-state index contributed by atoms with van der Waals surface area (Å²) < 4.78 is 0. The van der Waals surface area contributed by atoms with Crippen LogP contribution in [0.25, 0.3) is 0 Å². The van der Waals surface area contributed by atoms with Crippen molar-refractivity contribution < 1.29 is 0 Å². The van der Waals surface area contributed by atoms with Crippen LogP contribution >= 0.6 is 12.2 Å². The molecule has 2 nitrogen and oxygen atoms in total. The van der Waals surface area contributed by atoms with E-state index in [2.05, 4.69) is 38.3 Å². The van der Waals surface area contributed by atoms with Gasteiger partial charge in [-0.15, -0.1) is 0 Å². The minimum Gasteiger partial charge on any atom is -0.362 e. The van der Waals surface area contributed by atoms with Gasteiger partial charge in [0, 0.05) is 12.6 Å². The van der Waals surface area contributed by atoms with Crippen molar-refractivity contribution in [1.82, 2.24) is 10.6 Å². The van der Waals surface area contributed by atoms with Crippen molar-refractivity contribution in [2.24, 2.45) is 17.8 Å². The van der Waals surface area contributed by atoms with Crippen molar-refractivity contribution in [1.29, 1.82) is 0 Å². The lowest BCUT2D eigenvalue weighted by Gasteiger charge is -2.35. The highest BCUT2D eigenvalue weighted by Crippen LogP contribution is 2.30. The number of hydrogen-bond donors (Lipinski definition) is 2. The maximum absolute atomic E-state index is 5.37. The van der Waals surface area contributed by atoms with Crippen LogP contribution in [0.2, 0.25) is 0 Å². The first-order valence-electron chi connectivity index (χ1n) is 7.05. The summed E-state index contributed by atoms with van der Waals surface area (Å²) in [6.45, 7) is 10.0. The van der Waals surface area contributed by atoms with Crippen molar-refractivity contribution >= 4 is 17.3 Å². The highest BCUT2D eigenvalue weighted by Gasteiger charge is 2.27. The van der Waals surface area contributed by atoms with Gasteiger partial charge in [-0.05, 0) is 42.8 Å². The Kier molecular flexibility index (Phi) is 6.24. The number of thiocarbonyl (C=S) groups is 1. The summed E-state index contributed by atoms with van der Waals surface area (Å²) in [4.78, 5) is 0. The molecule has 1 saturated carbocycles. The zero-order chi connectivity index (χ0) is 12.8. The Morgan fingerprint density at radius 3 is 2.41 bits per heavy atom. The molecule has 0 spiro atoms. The summed E-state index contributed by atoms with van der Waals surface area (Å²) in [5.41, 5.74) is 0. The molecule has 0 radical (unpaired) electrons. The molecule has 0 aliphatic heterocycles. The minimum absolute atomic E-state index is 0.580. The summed E-state index contributed by atoms with van der Waals surface area (Å²) in [7, 11) is 0. The molecule has 3 heteroatoms. The van der Waals surface area contributed by atoms with Crippen LogP contribution in [0.4, 0.5) is 0 Å². The molecule has 17 heavy (non-hydrogen) atoms. The Morgan fingerprint density at radius 1 is 1.18 bits per heavy atom. The first-order chi connectivity index (χ1) is 8.00. The predicted octanol–water partition coefficient (Wildman–Crippen LogP) is 3.32. The van der Waals surface area contributed by atoms with Crippen LogP contribution in [0.5, 0.6) is 0 Å². The lowest BCUT2D eigenvalue weighted by Crippen LogP contribution is -2.48. The van der Waals surface area contributed by atoms with Gasteiger partial charge in [-0.1, -0.05) is 40.5 Å². The molecule has 2 N–H and O–H groups in total. The second kappa shape index (κ2) is 7.20. The average molecular weight is 256 g/mol. The maximum Gasteiger partial charge on any atom is 0.166 e. The third-order valence-electron chi connectivity index (χ3n) is 3.66. The van der Waals surface area contributed by atoms with Crippen molar-refractivity contribution in [2.75, 3.05) is 6.54 Å². The highest BCUT2D eigenvalue weighted by atomic mass is 32.1. The molecule has 1 rings (SSSR count). The van der Waals surface area contributed by atoms with Gasteiger partial charge in [-0.3, -0.25) is 0 Å². The van der Waals surface area contributed by atoms with Crippen LogP contribution in [0.1, 0.15) is 53.4 Å². The quantitative estimate of drug-likeness (QED) is 0.755. The van der Waals surface area contributed by atoms with E-state index in [0.29, 0.717) is 12.0 Å². The van der Waals surface area contributed by atoms with E-state index >= 15 is 0 Å². The van der Waals surface area contributed by atoms with Gasteiger partial charge >= 0.3 is 0 Å². The monoisotopic (exact) mass is 256 g/mol. The van der Waals surface area contributed by atoms with Crippen LogP contribution in [0.3, 0.4) is 0 Å². The van der Waals surface area contributed by atoms with Crippen LogP contribution in [-0.2, 0) is 0 Å². The van der Waals surface area contributed by atoms with Gasteiger partial charge in [0.2, 0.25) is 0 Å². The fourth-order valence-electron chi connectivity index (χ4n) is 2.65. The average Bonchev–Trinajstić information content (AvgIpc) is 2.27. The van der Waals surface area contributed by atoms with Gasteiger partial charge in [0.25, 0.3) is 0 Å². The molecule has 100 valence electrons. The molecule has 2 atom stereocenters. The Morgan fingerprint density at radius 2 is 1.82 bits per heavy atom. The van der Waals surface area contributed by atoms with E-state index in [0.717, 1.165) is 23.5 Å². The summed E-state index contributed by atoms with van der Waals surface area (Å²) in [5, 5.41) is 7.68. The van der Waals surface area contributed by atoms with Crippen molar-refractivity contribution in [3.63, 3.8) is 0 Å². The third-order valence-corrected chi connectivity index (χ3v) is 3.93.